The fourth-order valence-electron chi connectivity index (χ4n) is 20.8. The summed E-state index contributed by atoms with van der Waals surface area (Å²) in [4.78, 5) is 32.3. The van der Waals surface area contributed by atoms with Crippen molar-refractivity contribution in [2.24, 2.45) is 0 Å². The van der Waals surface area contributed by atoms with E-state index in [1.54, 1.807) is 0 Å². The number of benzene rings is 19. The van der Waals surface area contributed by atoms with Gasteiger partial charge < -0.3 is 27.4 Å². The molecule has 0 spiro atoms. The zero-order valence-corrected chi connectivity index (χ0v) is 71.1. The molecule has 0 atom stereocenters. The first kappa shape index (κ1) is 74.3. The van der Waals surface area contributed by atoms with Crippen molar-refractivity contribution in [1.29, 1.82) is 0 Å². The van der Waals surface area contributed by atoms with Crippen LogP contribution in [0.4, 0.5) is 0 Å². The average Bonchev–Trinajstić information content (AvgIpc) is 1.56. The molecule has 8 aromatic heterocycles. The molecule has 0 saturated carbocycles. The molecule has 0 bridgehead atoms. The van der Waals surface area contributed by atoms with Crippen molar-refractivity contribution in [3.05, 3.63) is 449 Å². The number of hydrogen-bond acceptors (Lipinski definition) is 6. The van der Waals surface area contributed by atoms with Gasteiger partial charge >= 0.3 is 0 Å². The minimum atomic E-state index is 0.534. The van der Waals surface area contributed by atoms with Crippen molar-refractivity contribution in [3.8, 4) is 125 Å². The Bertz CT molecular complexity index is 8210. The molecule has 614 valence electrons. The van der Waals surface area contributed by atoms with E-state index in [9.17, 15) is 0 Å². The standard InChI is InChI=1S/C120H74N12/c1-5-30-75(31-6-1)115-121-116(76-32-7-2-8-33-76)124-119(123-115)81-56-62-109(131-111-64-58-83(127-101-48-21-13-40-87(101)88-41-14-22-49-102(88)127)71-97(111)98-72-84(59-65-112(98)131)128-103-50-23-15-42-89(103)90-43-16-24-51-104(90)128)95(69-81)79-38-29-39-80(68-79)96-70-82(120-125-117(77-34-9-3-10-35-77)122-118(126-120)78-36-11-4-12-37-78)57-63-110(96)132-113-66-60-85(129-105-52-25-17-44-91(105)92-45-18-26-53-106(92)129)73-99(113)100-74-86(61-67-114(100)132)130-107-54-27-19-46-93(107)94-47-20-28-55-108(94)130/h1-74H. The Morgan fingerprint density at radius 3 is 0.553 bits per heavy atom. The van der Waals surface area contributed by atoms with Gasteiger partial charge in [-0.3, -0.25) is 0 Å². The molecule has 0 amide bonds. The number of aromatic nitrogens is 12. The molecule has 12 heteroatoms. The van der Waals surface area contributed by atoms with Gasteiger partial charge in [0.05, 0.1) is 77.6 Å². The number of nitrogens with zero attached hydrogens (tertiary/aromatic N) is 12. The highest BCUT2D eigenvalue weighted by molar-refractivity contribution is 6.18. The van der Waals surface area contributed by atoms with Crippen LogP contribution in [-0.2, 0) is 0 Å². The molecule has 0 aliphatic carbocycles. The number of hydrogen-bond donors (Lipinski definition) is 0. The SMILES string of the molecule is c1ccc(-c2nc(-c3ccccc3)nc(-c3ccc(-n4c5ccc(-n6c7ccccc7c7ccccc76)cc5c5cc(-n6c7ccccc7c7ccccc76)ccc54)c(-c4cccc(-c5cc(-c6nc(-c7ccccc7)nc(-c7ccccc7)n6)ccc5-n5c6ccc(-n7c8ccccc8c8ccccc87)cc6c6cc(-n7c8ccccc8c8ccccc87)ccc65)c4)c3)n2)cc1. The van der Waals surface area contributed by atoms with E-state index in [1.807, 2.05) is 72.8 Å². The Morgan fingerprint density at radius 2 is 0.318 bits per heavy atom. The van der Waals surface area contributed by atoms with Crippen LogP contribution in [0.1, 0.15) is 0 Å². The third-order valence-corrected chi connectivity index (χ3v) is 26.7. The lowest BCUT2D eigenvalue weighted by molar-refractivity contribution is 1.07. The van der Waals surface area contributed by atoms with Crippen LogP contribution in [0, 0.1) is 0 Å². The van der Waals surface area contributed by atoms with Gasteiger partial charge in [0.1, 0.15) is 0 Å². The van der Waals surface area contributed by atoms with Crippen LogP contribution in [0.3, 0.4) is 0 Å². The van der Waals surface area contributed by atoms with Gasteiger partial charge in [-0.1, -0.05) is 285 Å². The summed E-state index contributed by atoms with van der Waals surface area (Å²) in [6.45, 7) is 0. The molecule has 132 heavy (non-hydrogen) atoms. The van der Waals surface area contributed by atoms with E-state index in [2.05, 4.69) is 404 Å². The predicted molar refractivity (Wildman–Crippen MR) is 543 cm³/mol. The van der Waals surface area contributed by atoms with Crippen LogP contribution in [-0.4, -0.2) is 57.3 Å². The van der Waals surface area contributed by atoms with E-state index >= 15 is 0 Å². The van der Waals surface area contributed by atoms with Crippen LogP contribution in [0.15, 0.2) is 449 Å². The third kappa shape index (κ3) is 11.8. The van der Waals surface area contributed by atoms with E-state index in [4.69, 9.17) is 29.9 Å². The molecule has 0 aliphatic rings. The highest BCUT2D eigenvalue weighted by atomic mass is 15.1. The summed E-state index contributed by atoms with van der Waals surface area (Å²) in [6.07, 6.45) is 0. The van der Waals surface area contributed by atoms with Crippen LogP contribution >= 0.6 is 0 Å². The Balaban J connectivity index is 0.731. The summed E-state index contributed by atoms with van der Waals surface area (Å²) < 4.78 is 14.7. The Labute approximate surface area is 756 Å². The van der Waals surface area contributed by atoms with Gasteiger partial charge in [0, 0.05) is 132 Å². The molecule has 0 unspecified atom stereocenters. The molecule has 0 saturated heterocycles. The molecule has 0 radical (unpaired) electrons. The molecule has 8 heterocycles. The molecule has 0 fully saturated rings. The summed E-state index contributed by atoms with van der Waals surface area (Å²) in [7, 11) is 0. The summed E-state index contributed by atoms with van der Waals surface area (Å²) in [5, 5.41) is 14.0. The second-order valence-corrected chi connectivity index (χ2v) is 34.1. The van der Waals surface area contributed by atoms with Crippen LogP contribution in [0.2, 0.25) is 0 Å². The lowest BCUT2D eigenvalue weighted by atomic mass is 9.94. The van der Waals surface area contributed by atoms with Crippen LogP contribution < -0.4 is 0 Å². The Hall–Kier alpha value is -18.0. The number of rotatable bonds is 14. The second-order valence-electron chi connectivity index (χ2n) is 34.1. The van der Waals surface area contributed by atoms with Crippen molar-refractivity contribution in [3.63, 3.8) is 0 Å². The number of fused-ring (bicyclic) bond motifs is 18. The Kier molecular flexibility index (Phi) is 16.8. The normalized spacial score (nSPS) is 11.9. The molecular formula is C120H74N12. The topological polar surface area (TPSA) is 107 Å². The van der Waals surface area contributed by atoms with E-state index < -0.39 is 0 Å². The van der Waals surface area contributed by atoms with Gasteiger partial charge in [-0.15, -0.1) is 0 Å². The van der Waals surface area contributed by atoms with Gasteiger partial charge in [-0.2, -0.15) is 0 Å². The lowest BCUT2D eigenvalue weighted by Crippen LogP contribution is -2.03. The third-order valence-electron chi connectivity index (χ3n) is 26.7. The maximum absolute atomic E-state index is 5.46. The highest BCUT2D eigenvalue weighted by Gasteiger charge is 2.28. The fourth-order valence-corrected chi connectivity index (χ4v) is 20.8. The van der Waals surface area contributed by atoms with Crippen molar-refractivity contribution in [2.45, 2.75) is 0 Å². The summed E-state index contributed by atoms with van der Waals surface area (Å²) in [5.41, 5.74) is 28.3. The molecular weight excluding hydrogens is 1610 g/mol. The second kappa shape index (κ2) is 29.8. The minimum absolute atomic E-state index is 0.534. The quantitative estimate of drug-likeness (QED) is 0.107. The smallest absolute Gasteiger partial charge is 0.164 e. The van der Waals surface area contributed by atoms with E-state index in [-0.39, 0.29) is 0 Å². The molecule has 0 aliphatic heterocycles. The van der Waals surface area contributed by atoms with Gasteiger partial charge in [0.15, 0.2) is 34.9 Å². The predicted octanol–water partition coefficient (Wildman–Crippen LogP) is 30.0. The van der Waals surface area contributed by atoms with Gasteiger partial charge in [-0.25, -0.2) is 29.9 Å². The van der Waals surface area contributed by atoms with Crippen molar-refractivity contribution < 1.29 is 0 Å². The average molecular weight is 1680 g/mol. The van der Waals surface area contributed by atoms with Crippen molar-refractivity contribution in [2.75, 3.05) is 0 Å². The van der Waals surface area contributed by atoms with E-state index in [0.29, 0.717) is 34.9 Å². The van der Waals surface area contributed by atoms with Crippen LogP contribution in [0.5, 0.6) is 0 Å². The van der Waals surface area contributed by atoms with Crippen LogP contribution in [0.25, 0.3) is 256 Å². The van der Waals surface area contributed by atoms with Gasteiger partial charge in [0.25, 0.3) is 0 Å². The van der Waals surface area contributed by atoms with E-state index in [0.717, 1.165) is 178 Å². The lowest BCUT2D eigenvalue weighted by Gasteiger charge is -2.19. The first-order chi connectivity index (χ1) is 65.5. The largest absolute Gasteiger partial charge is 0.309 e. The summed E-state index contributed by atoms with van der Waals surface area (Å²) in [6, 6.07) is 162. The first-order valence-corrected chi connectivity index (χ1v) is 44.7. The molecule has 0 N–H and O–H groups in total. The minimum Gasteiger partial charge on any atom is -0.309 e. The zero-order chi connectivity index (χ0) is 86.6. The molecule has 12 nitrogen and oxygen atoms in total. The van der Waals surface area contributed by atoms with E-state index in [1.165, 1.54) is 43.1 Å². The van der Waals surface area contributed by atoms with Gasteiger partial charge in [0.2, 0.25) is 0 Å². The highest BCUT2D eigenvalue weighted by Crippen LogP contribution is 2.48. The maximum Gasteiger partial charge on any atom is 0.164 e. The summed E-state index contributed by atoms with van der Waals surface area (Å²) in [5.74, 6) is 3.35. The molecule has 19 aromatic carbocycles. The summed E-state index contributed by atoms with van der Waals surface area (Å²) >= 11 is 0. The first-order valence-electron chi connectivity index (χ1n) is 44.7. The van der Waals surface area contributed by atoms with Crippen molar-refractivity contribution in [1.82, 2.24) is 57.3 Å². The van der Waals surface area contributed by atoms with Gasteiger partial charge in [-0.05, 0) is 175 Å². The molecule has 27 aromatic rings. The van der Waals surface area contributed by atoms with Crippen molar-refractivity contribution >= 4 is 131 Å². The monoisotopic (exact) mass is 1680 g/mol. The number of para-hydroxylation sites is 8. The Morgan fingerprint density at radius 1 is 0.121 bits per heavy atom. The maximum atomic E-state index is 5.46. The fraction of sp³-hybridized carbons (Fsp3) is 0. The zero-order valence-electron chi connectivity index (χ0n) is 71.1. The molecule has 27 rings (SSSR count).